The highest BCUT2D eigenvalue weighted by Gasteiger charge is 2.13. The predicted octanol–water partition coefficient (Wildman–Crippen LogP) is 3.87. The van der Waals surface area contributed by atoms with E-state index in [9.17, 15) is 5.11 Å². The van der Waals surface area contributed by atoms with Crippen molar-refractivity contribution < 1.29 is 5.11 Å². The number of para-hydroxylation sites is 1. The van der Waals surface area contributed by atoms with Crippen molar-refractivity contribution in [2.75, 3.05) is 0 Å². The summed E-state index contributed by atoms with van der Waals surface area (Å²) in [5, 5.41) is 19.2. The average molecular weight is 327 g/mol. The Morgan fingerprint density at radius 2 is 1.84 bits per heavy atom. The minimum atomic E-state index is 0.113. The first-order chi connectivity index (χ1) is 12.3. The zero-order valence-corrected chi connectivity index (χ0v) is 13.1. The molecular weight excluding hydrogens is 314 g/mol. The van der Waals surface area contributed by atoms with E-state index in [0.717, 1.165) is 44.5 Å². The fraction of sp³-hybridized carbons (Fsp3) is 0. The molecule has 0 bridgehead atoms. The highest BCUT2D eigenvalue weighted by Crippen LogP contribution is 2.31. The zero-order chi connectivity index (χ0) is 16.8. The molecule has 0 aliphatic heterocycles. The fourth-order valence-corrected chi connectivity index (χ4v) is 3.05. The molecule has 0 spiro atoms. The SMILES string of the molecule is Oc1cncc(-c2cc3c(-c4cc5ccccc5[nH]4)n[nH]c3cn2)c1. The molecule has 4 aromatic heterocycles. The number of H-pyrrole nitrogens is 2. The van der Waals surface area contributed by atoms with Crippen molar-refractivity contribution in [3.05, 3.63) is 61.1 Å². The molecule has 6 heteroatoms. The number of aromatic amines is 2. The number of hydrogen-bond acceptors (Lipinski definition) is 4. The molecule has 0 aliphatic carbocycles. The largest absolute Gasteiger partial charge is 0.506 e. The third-order valence-electron chi connectivity index (χ3n) is 4.25. The quantitative estimate of drug-likeness (QED) is 0.459. The van der Waals surface area contributed by atoms with Crippen molar-refractivity contribution in [3.63, 3.8) is 0 Å². The van der Waals surface area contributed by atoms with Crippen LogP contribution in [0.1, 0.15) is 0 Å². The normalized spacial score (nSPS) is 11.4. The van der Waals surface area contributed by atoms with E-state index in [1.165, 1.54) is 6.20 Å². The lowest BCUT2D eigenvalue weighted by Crippen LogP contribution is -1.85. The van der Waals surface area contributed by atoms with Crippen molar-refractivity contribution in [2.24, 2.45) is 0 Å². The summed E-state index contributed by atoms with van der Waals surface area (Å²) in [7, 11) is 0. The van der Waals surface area contributed by atoms with Crippen LogP contribution in [0.25, 0.3) is 44.5 Å². The van der Waals surface area contributed by atoms with Crippen LogP contribution in [0.5, 0.6) is 5.75 Å². The van der Waals surface area contributed by atoms with Crippen LogP contribution in [0.4, 0.5) is 0 Å². The van der Waals surface area contributed by atoms with Crippen LogP contribution in [0.15, 0.2) is 61.1 Å². The van der Waals surface area contributed by atoms with Gasteiger partial charge in [0.25, 0.3) is 0 Å². The number of fused-ring (bicyclic) bond motifs is 2. The summed E-state index contributed by atoms with van der Waals surface area (Å²) in [6.45, 7) is 0. The highest BCUT2D eigenvalue weighted by molar-refractivity contribution is 5.96. The van der Waals surface area contributed by atoms with E-state index in [0.29, 0.717) is 0 Å². The molecule has 0 saturated heterocycles. The van der Waals surface area contributed by atoms with Gasteiger partial charge in [0.1, 0.15) is 11.4 Å². The van der Waals surface area contributed by atoms with Crippen LogP contribution in [-0.2, 0) is 0 Å². The average Bonchev–Trinajstić information content (AvgIpc) is 3.24. The summed E-state index contributed by atoms with van der Waals surface area (Å²) in [6.07, 6.45) is 4.82. The van der Waals surface area contributed by atoms with Gasteiger partial charge in [0.15, 0.2) is 0 Å². The Hall–Kier alpha value is -3.67. The lowest BCUT2D eigenvalue weighted by molar-refractivity contribution is 0.473. The number of benzene rings is 1. The summed E-state index contributed by atoms with van der Waals surface area (Å²) in [5.74, 6) is 0.113. The highest BCUT2D eigenvalue weighted by atomic mass is 16.3. The minimum absolute atomic E-state index is 0.113. The van der Waals surface area contributed by atoms with Crippen LogP contribution in [0, 0.1) is 0 Å². The smallest absolute Gasteiger partial charge is 0.134 e. The molecule has 0 unspecified atom stereocenters. The molecule has 1 aromatic carbocycles. The lowest BCUT2D eigenvalue weighted by atomic mass is 10.1. The lowest BCUT2D eigenvalue weighted by Gasteiger charge is -2.01. The van der Waals surface area contributed by atoms with E-state index in [4.69, 9.17) is 0 Å². The number of pyridine rings is 2. The van der Waals surface area contributed by atoms with Gasteiger partial charge in [0, 0.05) is 28.0 Å². The summed E-state index contributed by atoms with van der Waals surface area (Å²) in [5.41, 5.74) is 5.19. The number of nitrogens with zero attached hydrogens (tertiary/aromatic N) is 3. The van der Waals surface area contributed by atoms with Crippen LogP contribution in [-0.4, -0.2) is 30.3 Å². The maximum absolute atomic E-state index is 9.65. The first-order valence-electron chi connectivity index (χ1n) is 7.84. The molecule has 5 rings (SSSR count). The van der Waals surface area contributed by atoms with E-state index in [-0.39, 0.29) is 5.75 Å². The third kappa shape index (κ3) is 2.23. The van der Waals surface area contributed by atoms with Gasteiger partial charge in [-0.1, -0.05) is 18.2 Å². The van der Waals surface area contributed by atoms with Gasteiger partial charge in [0.05, 0.1) is 29.3 Å². The van der Waals surface area contributed by atoms with Crippen molar-refractivity contribution in [1.29, 1.82) is 0 Å². The number of aromatic hydroxyl groups is 1. The van der Waals surface area contributed by atoms with Crippen molar-refractivity contribution in [3.8, 4) is 28.4 Å². The summed E-state index contributed by atoms with van der Waals surface area (Å²) >= 11 is 0. The second kappa shape index (κ2) is 5.17. The summed E-state index contributed by atoms with van der Waals surface area (Å²) < 4.78 is 0. The first kappa shape index (κ1) is 13.7. The maximum Gasteiger partial charge on any atom is 0.134 e. The van der Waals surface area contributed by atoms with Gasteiger partial charge in [0.2, 0.25) is 0 Å². The Balaban J connectivity index is 1.70. The van der Waals surface area contributed by atoms with Gasteiger partial charge in [-0.25, -0.2) is 0 Å². The third-order valence-corrected chi connectivity index (χ3v) is 4.25. The molecule has 6 nitrogen and oxygen atoms in total. The van der Waals surface area contributed by atoms with Crippen molar-refractivity contribution in [1.82, 2.24) is 25.1 Å². The zero-order valence-electron chi connectivity index (χ0n) is 13.1. The van der Waals surface area contributed by atoms with Gasteiger partial charge in [-0.15, -0.1) is 0 Å². The summed E-state index contributed by atoms with van der Waals surface area (Å²) in [4.78, 5) is 11.9. The van der Waals surface area contributed by atoms with Crippen LogP contribution >= 0.6 is 0 Å². The summed E-state index contributed by atoms with van der Waals surface area (Å²) in [6, 6.07) is 13.8. The van der Waals surface area contributed by atoms with Gasteiger partial charge in [-0.3, -0.25) is 15.1 Å². The van der Waals surface area contributed by atoms with Crippen LogP contribution < -0.4 is 0 Å². The Labute approximate surface area is 142 Å². The first-order valence-corrected chi connectivity index (χ1v) is 7.84. The molecule has 3 N–H and O–H groups in total. The number of aromatic nitrogens is 5. The molecule has 0 fully saturated rings. The maximum atomic E-state index is 9.65. The van der Waals surface area contributed by atoms with Gasteiger partial charge < -0.3 is 10.1 Å². The second-order valence-electron chi connectivity index (χ2n) is 5.89. The molecular formula is C19H13N5O. The number of hydrogen-bond donors (Lipinski definition) is 3. The molecule has 0 radical (unpaired) electrons. The Kier molecular flexibility index (Phi) is 2.84. The number of nitrogens with one attached hydrogen (secondary N) is 2. The molecule has 0 amide bonds. The van der Waals surface area contributed by atoms with Crippen molar-refractivity contribution >= 4 is 21.8 Å². The predicted molar refractivity (Wildman–Crippen MR) is 96.1 cm³/mol. The van der Waals surface area contributed by atoms with E-state index in [2.05, 4.69) is 37.3 Å². The number of rotatable bonds is 2. The molecule has 0 atom stereocenters. The fourth-order valence-electron chi connectivity index (χ4n) is 3.05. The van der Waals surface area contributed by atoms with E-state index < -0.39 is 0 Å². The van der Waals surface area contributed by atoms with E-state index >= 15 is 0 Å². The Morgan fingerprint density at radius 3 is 2.72 bits per heavy atom. The standard InChI is InChI=1S/C19H13N5O/c25-13-5-12(8-20-9-13)16-7-14-18(10-21-16)23-24-19(14)17-6-11-3-1-2-4-15(11)22-17/h1-10,22,25H,(H,23,24). The van der Waals surface area contributed by atoms with Crippen LogP contribution in [0.2, 0.25) is 0 Å². The Morgan fingerprint density at radius 1 is 0.920 bits per heavy atom. The molecule has 5 aromatic rings. The van der Waals surface area contributed by atoms with Gasteiger partial charge in [-0.05, 0) is 24.3 Å². The minimum Gasteiger partial charge on any atom is -0.506 e. The van der Waals surface area contributed by atoms with Gasteiger partial charge in [-0.2, -0.15) is 5.10 Å². The van der Waals surface area contributed by atoms with Gasteiger partial charge >= 0.3 is 0 Å². The van der Waals surface area contributed by atoms with E-state index in [1.54, 1.807) is 18.5 Å². The molecule has 0 saturated carbocycles. The second-order valence-corrected chi connectivity index (χ2v) is 5.89. The van der Waals surface area contributed by atoms with E-state index in [1.807, 2.05) is 24.3 Å². The molecule has 4 heterocycles. The topological polar surface area (TPSA) is 90.5 Å². The molecule has 120 valence electrons. The Bertz CT molecular complexity index is 1190. The van der Waals surface area contributed by atoms with Crippen LogP contribution in [0.3, 0.4) is 0 Å². The molecule has 25 heavy (non-hydrogen) atoms. The molecule has 0 aliphatic rings. The van der Waals surface area contributed by atoms with Crippen molar-refractivity contribution in [2.45, 2.75) is 0 Å². The monoisotopic (exact) mass is 327 g/mol.